The molecule has 1 aromatic rings. The lowest BCUT2D eigenvalue weighted by Crippen LogP contribution is -2.30. The second-order valence-electron chi connectivity index (χ2n) is 6.10. The summed E-state index contributed by atoms with van der Waals surface area (Å²) >= 11 is 0. The molecule has 0 unspecified atom stereocenters. The van der Waals surface area contributed by atoms with Gasteiger partial charge >= 0.3 is 0 Å². The van der Waals surface area contributed by atoms with E-state index in [1.807, 2.05) is 12.4 Å². The molecule has 1 aromatic heterocycles. The summed E-state index contributed by atoms with van der Waals surface area (Å²) in [5, 5.41) is 3.59. The number of ether oxygens (including phenoxy) is 1. The topological polar surface area (TPSA) is 37.4 Å². The minimum atomic E-state index is 0.740. The van der Waals surface area contributed by atoms with E-state index in [0.29, 0.717) is 0 Å². The Hall–Kier alpha value is -1.13. The lowest BCUT2D eigenvalue weighted by Gasteiger charge is -2.29. The van der Waals surface area contributed by atoms with Gasteiger partial charge in [0.15, 0.2) is 0 Å². The summed E-state index contributed by atoms with van der Waals surface area (Å²) in [6.45, 7) is 3.89. The summed E-state index contributed by atoms with van der Waals surface area (Å²) in [5.74, 6) is 0.756. The average molecular weight is 275 g/mol. The van der Waals surface area contributed by atoms with Crippen molar-refractivity contribution in [1.29, 1.82) is 0 Å². The summed E-state index contributed by atoms with van der Waals surface area (Å²) < 4.78 is 5.44. The van der Waals surface area contributed by atoms with E-state index in [1.54, 1.807) is 0 Å². The molecule has 4 nitrogen and oxygen atoms in total. The van der Waals surface area contributed by atoms with Crippen LogP contribution < -0.4 is 10.2 Å². The van der Waals surface area contributed by atoms with Crippen LogP contribution in [0, 0.1) is 5.92 Å². The van der Waals surface area contributed by atoms with Crippen molar-refractivity contribution in [1.82, 2.24) is 10.3 Å². The van der Waals surface area contributed by atoms with Crippen molar-refractivity contribution >= 4 is 5.69 Å². The van der Waals surface area contributed by atoms with Crippen molar-refractivity contribution < 1.29 is 4.74 Å². The number of nitrogens with one attached hydrogen (secondary N) is 1. The van der Waals surface area contributed by atoms with Gasteiger partial charge in [0.05, 0.1) is 0 Å². The third kappa shape index (κ3) is 3.70. The Labute approximate surface area is 121 Å². The first-order valence-corrected chi connectivity index (χ1v) is 7.78. The molecular formula is C16H25N3O. The van der Waals surface area contributed by atoms with Crippen molar-refractivity contribution in [3.8, 4) is 0 Å². The summed E-state index contributed by atoms with van der Waals surface area (Å²) in [5.41, 5.74) is 2.63. The molecule has 1 aliphatic carbocycles. The predicted molar refractivity (Wildman–Crippen MR) is 80.9 cm³/mol. The van der Waals surface area contributed by atoms with Crippen LogP contribution in [0.5, 0.6) is 0 Å². The van der Waals surface area contributed by atoms with E-state index in [9.17, 15) is 0 Å². The largest absolute Gasteiger partial charge is 0.381 e. The first-order chi connectivity index (χ1) is 9.83. The zero-order chi connectivity index (χ0) is 13.8. The molecule has 4 heteroatoms. The molecule has 0 spiro atoms. The van der Waals surface area contributed by atoms with Gasteiger partial charge in [-0.15, -0.1) is 0 Å². The summed E-state index contributed by atoms with van der Waals surface area (Å²) in [4.78, 5) is 6.68. The molecule has 0 radical (unpaired) electrons. The maximum Gasteiger partial charge on any atom is 0.0469 e. The van der Waals surface area contributed by atoms with Gasteiger partial charge in [-0.1, -0.05) is 0 Å². The van der Waals surface area contributed by atoms with Gasteiger partial charge in [0, 0.05) is 63.0 Å². The van der Waals surface area contributed by atoms with Crippen LogP contribution in [0.1, 0.15) is 31.2 Å². The third-order valence-corrected chi connectivity index (χ3v) is 4.32. The average Bonchev–Trinajstić information content (AvgIpc) is 3.31. The monoisotopic (exact) mass is 275 g/mol. The van der Waals surface area contributed by atoms with E-state index >= 15 is 0 Å². The van der Waals surface area contributed by atoms with Crippen molar-refractivity contribution in [3.05, 3.63) is 24.0 Å². The summed E-state index contributed by atoms with van der Waals surface area (Å²) in [7, 11) is 2.20. The molecule has 1 saturated heterocycles. The van der Waals surface area contributed by atoms with Crippen LogP contribution >= 0.6 is 0 Å². The summed E-state index contributed by atoms with van der Waals surface area (Å²) in [6.07, 6.45) is 8.93. The highest BCUT2D eigenvalue weighted by Gasteiger charge is 2.21. The van der Waals surface area contributed by atoms with Gasteiger partial charge in [0.1, 0.15) is 0 Å². The molecule has 20 heavy (non-hydrogen) atoms. The minimum Gasteiger partial charge on any atom is -0.381 e. The smallest absolute Gasteiger partial charge is 0.0469 e. The Bertz CT molecular complexity index is 427. The van der Waals surface area contributed by atoms with Gasteiger partial charge in [-0.25, -0.2) is 0 Å². The van der Waals surface area contributed by atoms with E-state index in [4.69, 9.17) is 4.74 Å². The molecule has 0 atom stereocenters. The Morgan fingerprint density at radius 2 is 2.10 bits per heavy atom. The number of hydrogen-bond donors (Lipinski definition) is 1. The number of nitrogens with zero attached hydrogens (tertiary/aromatic N) is 2. The second kappa shape index (κ2) is 6.55. The molecule has 110 valence electrons. The molecule has 3 rings (SSSR count). The predicted octanol–water partition coefficient (Wildman–Crippen LogP) is 2.20. The number of aromatic nitrogens is 1. The van der Waals surface area contributed by atoms with Crippen molar-refractivity contribution in [2.24, 2.45) is 5.92 Å². The molecule has 2 heterocycles. The van der Waals surface area contributed by atoms with Crippen molar-refractivity contribution in [3.63, 3.8) is 0 Å². The molecule has 0 amide bonds. The van der Waals surface area contributed by atoms with Crippen molar-refractivity contribution in [2.45, 2.75) is 38.3 Å². The number of rotatable bonds is 6. The number of pyridine rings is 1. The Balaban J connectivity index is 1.61. The van der Waals surface area contributed by atoms with Crippen LogP contribution in [0.3, 0.4) is 0 Å². The fraction of sp³-hybridized carbons (Fsp3) is 0.688. The maximum atomic E-state index is 5.44. The van der Waals surface area contributed by atoms with Crippen LogP contribution in [0.2, 0.25) is 0 Å². The molecule has 1 N–H and O–H groups in total. The molecular weight excluding hydrogens is 250 g/mol. The SMILES string of the molecule is CN(CC1CCOCC1)c1ccncc1CNC1CC1. The zero-order valence-electron chi connectivity index (χ0n) is 12.3. The van der Waals surface area contributed by atoms with Crippen LogP contribution in [0.15, 0.2) is 18.5 Å². The first-order valence-electron chi connectivity index (χ1n) is 7.78. The fourth-order valence-corrected chi connectivity index (χ4v) is 2.88. The van der Waals surface area contributed by atoms with E-state index < -0.39 is 0 Å². The van der Waals surface area contributed by atoms with Crippen LogP contribution in [-0.4, -0.2) is 37.8 Å². The molecule has 1 saturated carbocycles. The Kier molecular flexibility index (Phi) is 4.53. The fourth-order valence-electron chi connectivity index (χ4n) is 2.88. The van der Waals surface area contributed by atoms with Crippen molar-refractivity contribution in [2.75, 3.05) is 31.7 Å². The van der Waals surface area contributed by atoms with E-state index in [1.165, 1.54) is 36.9 Å². The highest BCUT2D eigenvalue weighted by Crippen LogP contribution is 2.24. The highest BCUT2D eigenvalue weighted by molar-refractivity contribution is 5.51. The normalized spacial score (nSPS) is 20.1. The van der Waals surface area contributed by atoms with Gasteiger partial charge < -0.3 is 15.0 Å². The molecule has 2 fully saturated rings. The van der Waals surface area contributed by atoms with Gasteiger partial charge in [-0.2, -0.15) is 0 Å². The quantitative estimate of drug-likeness (QED) is 0.863. The minimum absolute atomic E-state index is 0.740. The van der Waals surface area contributed by atoms with E-state index in [2.05, 4.69) is 28.3 Å². The standard InChI is InChI=1S/C16H25N3O/c1-19(12-13-5-8-20-9-6-13)16-4-7-17-10-14(16)11-18-15-2-3-15/h4,7,10,13,15,18H,2-3,5-6,8-9,11-12H2,1H3. The van der Waals surface area contributed by atoms with Gasteiger partial charge in [-0.3, -0.25) is 4.98 Å². The lowest BCUT2D eigenvalue weighted by atomic mass is 9.99. The number of anilines is 1. The first kappa shape index (κ1) is 13.8. The maximum absolute atomic E-state index is 5.44. The summed E-state index contributed by atoms with van der Waals surface area (Å²) in [6, 6.07) is 2.88. The third-order valence-electron chi connectivity index (χ3n) is 4.32. The number of hydrogen-bond acceptors (Lipinski definition) is 4. The molecule has 2 aliphatic rings. The highest BCUT2D eigenvalue weighted by atomic mass is 16.5. The molecule has 0 aromatic carbocycles. The zero-order valence-corrected chi connectivity index (χ0v) is 12.3. The van der Waals surface area contributed by atoms with Crippen LogP contribution in [0.4, 0.5) is 5.69 Å². The van der Waals surface area contributed by atoms with Gasteiger partial charge in [-0.05, 0) is 37.7 Å². The van der Waals surface area contributed by atoms with Gasteiger partial charge in [0.25, 0.3) is 0 Å². The van der Waals surface area contributed by atoms with Gasteiger partial charge in [0.2, 0.25) is 0 Å². The second-order valence-corrected chi connectivity index (χ2v) is 6.10. The molecule has 0 bridgehead atoms. The molecule has 1 aliphatic heterocycles. The Morgan fingerprint density at radius 1 is 1.30 bits per heavy atom. The lowest BCUT2D eigenvalue weighted by molar-refractivity contribution is 0.0685. The van der Waals surface area contributed by atoms with Crippen LogP contribution in [0.25, 0.3) is 0 Å². The van der Waals surface area contributed by atoms with Crippen LogP contribution in [-0.2, 0) is 11.3 Å². The van der Waals surface area contributed by atoms with E-state index in [0.717, 1.165) is 38.3 Å². The van der Waals surface area contributed by atoms with E-state index in [-0.39, 0.29) is 0 Å². The Morgan fingerprint density at radius 3 is 2.85 bits per heavy atom.